The number of amides is 1. The van der Waals surface area contributed by atoms with Crippen molar-refractivity contribution < 1.29 is 22.7 Å². The molecule has 7 heteroatoms. The van der Waals surface area contributed by atoms with Gasteiger partial charge in [-0.3, -0.25) is 5.32 Å². The van der Waals surface area contributed by atoms with Crippen LogP contribution < -0.4 is 10.6 Å². The molecule has 4 nitrogen and oxygen atoms in total. The Balaban J connectivity index is 2.09. The van der Waals surface area contributed by atoms with E-state index in [4.69, 9.17) is 0 Å². The number of benzene rings is 2. The summed E-state index contributed by atoms with van der Waals surface area (Å²) in [7, 11) is 1.25. The number of ether oxygens (including phenoxy) is 1. The van der Waals surface area contributed by atoms with Crippen LogP contribution in [0, 0.1) is 0 Å². The number of rotatable bonds is 3. The monoisotopic (exact) mass is 310 g/mol. The average Bonchev–Trinajstić information content (AvgIpc) is 2.48. The standard InChI is InChI=1S/C15H13F3N2O2/c1-22-14(21)20-12-7-5-11(6-8-12)19-13-4-2-3-10(9-13)15(16,17)18/h2-9,19H,1H3,(H,20,21). The smallest absolute Gasteiger partial charge is 0.416 e. The molecule has 0 saturated heterocycles. The molecule has 2 rings (SSSR count). The Morgan fingerprint density at radius 3 is 2.23 bits per heavy atom. The number of alkyl halides is 3. The van der Waals surface area contributed by atoms with E-state index in [1.165, 1.54) is 19.2 Å². The quantitative estimate of drug-likeness (QED) is 0.869. The molecule has 0 radical (unpaired) electrons. The number of carbonyl (C=O) groups is 1. The van der Waals surface area contributed by atoms with E-state index in [-0.39, 0.29) is 0 Å². The van der Waals surface area contributed by atoms with Crippen LogP contribution in [0.3, 0.4) is 0 Å². The number of halogens is 3. The van der Waals surface area contributed by atoms with Crippen LogP contribution in [0.2, 0.25) is 0 Å². The number of hydrogen-bond acceptors (Lipinski definition) is 3. The first-order chi connectivity index (χ1) is 10.4. The molecule has 0 unspecified atom stereocenters. The Bertz CT molecular complexity index is 655. The number of nitrogens with one attached hydrogen (secondary N) is 2. The Morgan fingerprint density at radius 1 is 1.00 bits per heavy atom. The number of methoxy groups -OCH3 is 1. The van der Waals surface area contributed by atoms with Crippen molar-refractivity contribution in [3.05, 3.63) is 54.1 Å². The fourth-order valence-electron chi connectivity index (χ4n) is 1.75. The summed E-state index contributed by atoms with van der Waals surface area (Å²) in [6.07, 6.45) is -4.98. The highest BCUT2D eigenvalue weighted by Gasteiger charge is 2.30. The maximum atomic E-state index is 12.6. The third-order valence-electron chi connectivity index (χ3n) is 2.80. The zero-order chi connectivity index (χ0) is 16.2. The maximum Gasteiger partial charge on any atom is 0.416 e. The van der Waals surface area contributed by atoms with Crippen molar-refractivity contribution in [3.63, 3.8) is 0 Å². The van der Waals surface area contributed by atoms with Crippen LogP contribution in [-0.2, 0) is 10.9 Å². The SMILES string of the molecule is COC(=O)Nc1ccc(Nc2cccc(C(F)(F)F)c2)cc1. The molecule has 0 aromatic heterocycles. The molecule has 22 heavy (non-hydrogen) atoms. The van der Waals surface area contributed by atoms with Crippen LogP contribution in [0.25, 0.3) is 0 Å². The zero-order valence-corrected chi connectivity index (χ0v) is 11.6. The first-order valence-electron chi connectivity index (χ1n) is 6.28. The highest BCUT2D eigenvalue weighted by Crippen LogP contribution is 2.31. The van der Waals surface area contributed by atoms with E-state index < -0.39 is 17.8 Å². The molecule has 0 aliphatic carbocycles. The highest BCUT2D eigenvalue weighted by molar-refractivity contribution is 5.84. The van der Waals surface area contributed by atoms with Crippen molar-refractivity contribution in [2.24, 2.45) is 0 Å². The minimum absolute atomic E-state index is 0.323. The topological polar surface area (TPSA) is 50.4 Å². The Morgan fingerprint density at radius 2 is 1.64 bits per heavy atom. The number of anilines is 3. The van der Waals surface area contributed by atoms with Crippen LogP contribution in [-0.4, -0.2) is 13.2 Å². The van der Waals surface area contributed by atoms with Gasteiger partial charge >= 0.3 is 12.3 Å². The fraction of sp³-hybridized carbons (Fsp3) is 0.133. The molecule has 0 heterocycles. The summed E-state index contributed by atoms with van der Waals surface area (Å²) in [6.45, 7) is 0. The summed E-state index contributed by atoms with van der Waals surface area (Å²) in [6, 6.07) is 11.4. The van der Waals surface area contributed by atoms with E-state index in [0.717, 1.165) is 12.1 Å². The second kappa shape index (κ2) is 6.38. The summed E-state index contributed by atoms with van der Waals surface area (Å²) < 4.78 is 42.4. The predicted octanol–water partition coefficient (Wildman–Crippen LogP) is 4.63. The molecule has 0 aliphatic rings. The summed E-state index contributed by atoms with van der Waals surface area (Å²) in [4.78, 5) is 11.0. The van der Waals surface area contributed by atoms with Gasteiger partial charge in [0.15, 0.2) is 0 Å². The first-order valence-corrected chi connectivity index (χ1v) is 6.28. The van der Waals surface area contributed by atoms with Crippen molar-refractivity contribution in [2.75, 3.05) is 17.7 Å². The lowest BCUT2D eigenvalue weighted by Gasteiger charge is -2.11. The molecule has 0 fully saturated rings. The Labute approximate surface area is 124 Å². The molecule has 2 aromatic carbocycles. The van der Waals surface area contributed by atoms with Crippen molar-refractivity contribution in [2.45, 2.75) is 6.18 Å². The lowest BCUT2D eigenvalue weighted by atomic mass is 10.2. The van der Waals surface area contributed by atoms with Crippen LogP contribution in [0.4, 0.5) is 35.0 Å². The summed E-state index contributed by atoms with van der Waals surface area (Å²) >= 11 is 0. The molecule has 0 atom stereocenters. The Hall–Kier alpha value is -2.70. The fourth-order valence-corrected chi connectivity index (χ4v) is 1.75. The molecular formula is C15H13F3N2O2. The Kier molecular flexibility index (Phi) is 4.55. The van der Waals surface area contributed by atoms with Crippen molar-refractivity contribution in [1.82, 2.24) is 0 Å². The van der Waals surface area contributed by atoms with Gasteiger partial charge in [-0.05, 0) is 42.5 Å². The van der Waals surface area contributed by atoms with Gasteiger partial charge in [0.05, 0.1) is 12.7 Å². The molecule has 0 bridgehead atoms. The van der Waals surface area contributed by atoms with Gasteiger partial charge in [-0.2, -0.15) is 13.2 Å². The van der Waals surface area contributed by atoms with Crippen molar-refractivity contribution >= 4 is 23.2 Å². The van der Waals surface area contributed by atoms with Crippen LogP contribution in [0.1, 0.15) is 5.56 Å². The van der Waals surface area contributed by atoms with E-state index in [9.17, 15) is 18.0 Å². The minimum Gasteiger partial charge on any atom is -0.453 e. The third-order valence-corrected chi connectivity index (χ3v) is 2.80. The van der Waals surface area contributed by atoms with E-state index >= 15 is 0 Å². The number of hydrogen-bond donors (Lipinski definition) is 2. The maximum absolute atomic E-state index is 12.6. The summed E-state index contributed by atoms with van der Waals surface area (Å²) in [5, 5.41) is 5.34. The van der Waals surface area contributed by atoms with Crippen LogP contribution in [0.15, 0.2) is 48.5 Å². The van der Waals surface area contributed by atoms with Gasteiger partial charge in [0.2, 0.25) is 0 Å². The third kappa shape index (κ3) is 4.15. The van der Waals surface area contributed by atoms with Gasteiger partial charge < -0.3 is 10.1 Å². The molecular weight excluding hydrogens is 297 g/mol. The minimum atomic E-state index is -4.38. The van der Waals surface area contributed by atoms with E-state index in [2.05, 4.69) is 15.4 Å². The second-order valence-corrected chi connectivity index (χ2v) is 4.40. The molecule has 0 spiro atoms. The molecule has 0 aliphatic heterocycles. The molecule has 2 N–H and O–H groups in total. The average molecular weight is 310 g/mol. The molecule has 0 saturated carbocycles. The summed E-state index contributed by atoms with van der Waals surface area (Å²) in [5.41, 5.74) is 0.709. The second-order valence-electron chi connectivity index (χ2n) is 4.40. The van der Waals surface area contributed by atoms with E-state index in [1.54, 1.807) is 24.3 Å². The van der Waals surface area contributed by atoms with Crippen molar-refractivity contribution in [1.29, 1.82) is 0 Å². The van der Waals surface area contributed by atoms with Gasteiger partial charge in [-0.25, -0.2) is 4.79 Å². The first kappa shape index (κ1) is 15.7. The molecule has 1 amide bonds. The lowest BCUT2D eigenvalue weighted by molar-refractivity contribution is -0.137. The van der Waals surface area contributed by atoms with Crippen LogP contribution >= 0.6 is 0 Å². The molecule has 116 valence electrons. The van der Waals surface area contributed by atoms with Crippen LogP contribution in [0.5, 0.6) is 0 Å². The van der Waals surface area contributed by atoms with Gasteiger partial charge in [-0.15, -0.1) is 0 Å². The zero-order valence-electron chi connectivity index (χ0n) is 11.6. The molecule has 2 aromatic rings. The van der Waals surface area contributed by atoms with Gasteiger partial charge in [0.1, 0.15) is 0 Å². The normalized spacial score (nSPS) is 10.9. The van der Waals surface area contributed by atoms with Crippen molar-refractivity contribution in [3.8, 4) is 0 Å². The van der Waals surface area contributed by atoms with Gasteiger partial charge in [0, 0.05) is 17.1 Å². The lowest BCUT2D eigenvalue weighted by Crippen LogP contribution is -2.10. The van der Waals surface area contributed by atoms with Gasteiger partial charge in [-0.1, -0.05) is 6.07 Å². The highest BCUT2D eigenvalue weighted by atomic mass is 19.4. The summed E-state index contributed by atoms with van der Waals surface area (Å²) in [5.74, 6) is 0. The van der Waals surface area contributed by atoms with E-state index in [0.29, 0.717) is 17.1 Å². The van der Waals surface area contributed by atoms with Gasteiger partial charge in [0.25, 0.3) is 0 Å². The van der Waals surface area contributed by atoms with E-state index in [1.807, 2.05) is 0 Å². The number of carbonyl (C=O) groups excluding carboxylic acids is 1. The predicted molar refractivity (Wildman–Crippen MR) is 77.2 cm³/mol. The largest absolute Gasteiger partial charge is 0.453 e.